The molecular formula is C15H21N3O2S. The number of aryl methyl sites for hydroxylation is 1. The molecule has 1 fully saturated rings. The van der Waals surface area contributed by atoms with Gasteiger partial charge in [0.15, 0.2) is 9.84 Å². The van der Waals surface area contributed by atoms with Crippen LogP contribution < -0.4 is 5.32 Å². The molecule has 1 aliphatic heterocycles. The lowest BCUT2D eigenvalue weighted by atomic mass is 10.2. The minimum atomic E-state index is -2.91. The number of fused-ring (bicyclic) bond motifs is 1. The summed E-state index contributed by atoms with van der Waals surface area (Å²) in [7, 11) is -2.91. The smallest absolute Gasteiger partial charge is 0.153 e. The summed E-state index contributed by atoms with van der Waals surface area (Å²) >= 11 is 0. The van der Waals surface area contributed by atoms with Gasteiger partial charge in [0.2, 0.25) is 0 Å². The monoisotopic (exact) mass is 307 g/mol. The summed E-state index contributed by atoms with van der Waals surface area (Å²) in [6.45, 7) is 3.60. The molecule has 1 aromatic heterocycles. The first-order chi connectivity index (χ1) is 10.1. The molecule has 1 unspecified atom stereocenters. The van der Waals surface area contributed by atoms with Crippen molar-refractivity contribution in [1.82, 2.24) is 14.9 Å². The highest BCUT2D eigenvalue weighted by atomic mass is 32.2. The topological polar surface area (TPSA) is 64.0 Å². The summed E-state index contributed by atoms with van der Waals surface area (Å²) in [6, 6.07) is 8.06. The molecule has 0 bridgehead atoms. The molecule has 0 radical (unpaired) electrons. The highest BCUT2D eigenvalue weighted by molar-refractivity contribution is 7.91. The maximum absolute atomic E-state index is 11.8. The van der Waals surface area contributed by atoms with Crippen molar-refractivity contribution in [2.45, 2.75) is 32.4 Å². The largest absolute Gasteiger partial charge is 0.328 e. The lowest BCUT2D eigenvalue weighted by molar-refractivity contribution is 0.499. The number of hydrogen-bond donors (Lipinski definition) is 1. The standard InChI is InChI=1S/C15H21N3O2S/c1-2-8-18-14-6-4-3-5-13(14)17-15(18)10-12-11-21(19,20)9-7-16-12/h3-6,12,16H,2,7-11H2,1H3. The Labute approximate surface area is 125 Å². The van der Waals surface area contributed by atoms with Crippen molar-refractivity contribution in [1.29, 1.82) is 0 Å². The number of nitrogens with zero attached hydrogens (tertiary/aromatic N) is 2. The van der Waals surface area contributed by atoms with E-state index in [9.17, 15) is 8.42 Å². The van der Waals surface area contributed by atoms with E-state index in [2.05, 4.69) is 22.9 Å². The van der Waals surface area contributed by atoms with Crippen LogP contribution in [0.1, 0.15) is 19.2 Å². The van der Waals surface area contributed by atoms with Crippen molar-refractivity contribution in [3.63, 3.8) is 0 Å². The molecule has 6 heteroatoms. The fourth-order valence-corrected chi connectivity index (χ4v) is 4.42. The van der Waals surface area contributed by atoms with Crippen molar-refractivity contribution >= 4 is 20.9 Å². The van der Waals surface area contributed by atoms with Gasteiger partial charge in [-0.25, -0.2) is 13.4 Å². The van der Waals surface area contributed by atoms with E-state index in [0.717, 1.165) is 29.8 Å². The molecule has 5 nitrogen and oxygen atoms in total. The van der Waals surface area contributed by atoms with Gasteiger partial charge in [0.1, 0.15) is 5.82 Å². The fraction of sp³-hybridized carbons (Fsp3) is 0.533. The van der Waals surface area contributed by atoms with E-state index in [1.807, 2.05) is 18.2 Å². The van der Waals surface area contributed by atoms with E-state index in [1.54, 1.807) is 0 Å². The molecule has 1 atom stereocenters. The van der Waals surface area contributed by atoms with E-state index in [1.165, 1.54) is 0 Å². The molecule has 1 N–H and O–H groups in total. The lowest BCUT2D eigenvalue weighted by Gasteiger charge is -2.23. The van der Waals surface area contributed by atoms with Crippen LogP contribution in [-0.2, 0) is 22.8 Å². The van der Waals surface area contributed by atoms with Gasteiger partial charge in [-0.3, -0.25) is 0 Å². The molecule has 0 amide bonds. The van der Waals surface area contributed by atoms with Crippen LogP contribution in [0.4, 0.5) is 0 Å². The second-order valence-electron chi connectivity index (χ2n) is 5.64. The molecule has 0 spiro atoms. The third kappa shape index (κ3) is 3.11. The normalized spacial score (nSPS) is 21.7. The minimum absolute atomic E-state index is 0.0313. The fourth-order valence-electron chi connectivity index (χ4n) is 2.97. The average Bonchev–Trinajstić information content (AvgIpc) is 2.76. The first kappa shape index (κ1) is 14.5. The number of para-hydroxylation sites is 2. The third-order valence-corrected chi connectivity index (χ3v) is 5.65. The molecule has 1 saturated heterocycles. The zero-order valence-electron chi connectivity index (χ0n) is 12.2. The Bertz CT molecular complexity index is 736. The van der Waals surface area contributed by atoms with Crippen LogP contribution in [0.25, 0.3) is 11.0 Å². The maximum Gasteiger partial charge on any atom is 0.153 e. The van der Waals surface area contributed by atoms with E-state index in [0.29, 0.717) is 13.0 Å². The molecule has 1 aromatic carbocycles. The van der Waals surface area contributed by atoms with Gasteiger partial charge in [0.25, 0.3) is 0 Å². The molecule has 2 heterocycles. The van der Waals surface area contributed by atoms with Gasteiger partial charge in [0, 0.05) is 25.6 Å². The summed E-state index contributed by atoms with van der Waals surface area (Å²) < 4.78 is 25.8. The summed E-state index contributed by atoms with van der Waals surface area (Å²) in [5.41, 5.74) is 2.12. The predicted molar refractivity (Wildman–Crippen MR) is 84.2 cm³/mol. The van der Waals surface area contributed by atoms with Crippen molar-refractivity contribution in [2.24, 2.45) is 0 Å². The zero-order chi connectivity index (χ0) is 14.9. The summed E-state index contributed by atoms with van der Waals surface area (Å²) in [4.78, 5) is 4.70. The van der Waals surface area contributed by atoms with Gasteiger partial charge in [-0.05, 0) is 18.6 Å². The summed E-state index contributed by atoms with van der Waals surface area (Å²) in [6.07, 6.45) is 1.69. The summed E-state index contributed by atoms with van der Waals surface area (Å²) in [5.74, 6) is 1.43. The van der Waals surface area contributed by atoms with E-state index in [-0.39, 0.29) is 17.5 Å². The van der Waals surface area contributed by atoms with E-state index in [4.69, 9.17) is 4.98 Å². The second-order valence-corrected chi connectivity index (χ2v) is 7.87. The van der Waals surface area contributed by atoms with Crippen LogP contribution in [-0.4, -0.2) is 42.1 Å². The van der Waals surface area contributed by atoms with Crippen LogP contribution in [0, 0.1) is 0 Å². The predicted octanol–water partition coefficient (Wildman–Crippen LogP) is 1.38. The quantitative estimate of drug-likeness (QED) is 0.927. The first-order valence-electron chi connectivity index (χ1n) is 7.47. The molecule has 1 aliphatic rings. The van der Waals surface area contributed by atoms with E-state index >= 15 is 0 Å². The lowest BCUT2D eigenvalue weighted by Crippen LogP contribution is -2.46. The van der Waals surface area contributed by atoms with Crippen molar-refractivity contribution in [3.8, 4) is 0 Å². The maximum atomic E-state index is 11.8. The minimum Gasteiger partial charge on any atom is -0.328 e. The Balaban J connectivity index is 1.91. The number of imidazole rings is 1. The van der Waals surface area contributed by atoms with Crippen LogP contribution in [0.5, 0.6) is 0 Å². The molecule has 0 aliphatic carbocycles. The summed E-state index contributed by atoms with van der Waals surface area (Å²) in [5, 5.41) is 3.30. The second kappa shape index (κ2) is 5.77. The van der Waals surface area contributed by atoms with Crippen LogP contribution in [0.15, 0.2) is 24.3 Å². The number of aromatic nitrogens is 2. The molecule has 114 valence electrons. The Morgan fingerprint density at radius 1 is 1.38 bits per heavy atom. The van der Waals surface area contributed by atoms with Gasteiger partial charge in [-0.2, -0.15) is 0 Å². The number of sulfone groups is 1. The van der Waals surface area contributed by atoms with Crippen LogP contribution >= 0.6 is 0 Å². The van der Waals surface area contributed by atoms with Crippen LogP contribution in [0.2, 0.25) is 0 Å². The molecule has 2 aromatic rings. The van der Waals surface area contributed by atoms with Crippen LogP contribution in [0.3, 0.4) is 0 Å². The zero-order valence-corrected chi connectivity index (χ0v) is 13.1. The molecular weight excluding hydrogens is 286 g/mol. The number of hydrogen-bond acceptors (Lipinski definition) is 4. The highest BCUT2D eigenvalue weighted by Crippen LogP contribution is 2.18. The SMILES string of the molecule is CCCn1c(CC2CS(=O)(=O)CCN2)nc2ccccc21. The Kier molecular flexibility index (Phi) is 3.99. The first-order valence-corrected chi connectivity index (χ1v) is 9.29. The Morgan fingerprint density at radius 3 is 2.95 bits per heavy atom. The Hall–Kier alpha value is -1.40. The van der Waals surface area contributed by atoms with Crippen molar-refractivity contribution in [3.05, 3.63) is 30.1 Å². The number of benzene rings is 1. The molecule has 21 heavy (non-hydrogen) atoms. The Morgan fingerprint density at radius 2 is 2.19 bits per heavy atom. The van der Waals surface area contributed by atoms with Gasteiger partial charge in [-0.1, -0.05) is 19.1 Å². The molecule has 3 rings (SSSR count). The number of rotatable bonds is 4. The average molecular weight is 307 g/mol. The number of nitrogens with one attached hydrogen (secondary N) is 1. The van der Waals surface area contributed by atoms with Gasteiger partial charge < -0.3 is 9.88 Å². The van der Waals surface area contributed by atoms with Crippen molar-refractivity contribution in [2.75, 3.05) is 18.1 Å². The van der Waals surface area contributed by atoms with Crippen molar-refractivity contribution < 1.29 is 8.42 Å². The van der Waals surface area contributed by atoms with Gasteiger partial charge in [-0.15, -0.1) is 0 Å². The highest BCUT2D eigenvalue weighted by Gasteiger charge is 2.26. The van der Waals surface area contributed by atoms with Gasteiger partial charge in [0.05, 0.1) is 22.5 Å². The van der Waals surface area contributed by atoms with Gasteiger partial charge >= 0.3 is 0 Å². The molecule has 0 saturated carbocycles. The van der Waals surface area contributed by atoms with E-state index < -0.39 is 9.84 Å². The third-order valence-electron chi connectivity index (χ3n) is 3.91.